The van der Waals surface area contributed by atoms with Crippen LogP contribution < -0.4 is 4.90 Å². The molecule has 0 fully saturated rings. The highest BCUT2D eigenvalue weighted by atomic mass is 35.5. The Kier molecular flexibility index (Phi) is 8.47. The van der Waals surface area contributed by atoms with Crippen LogP contribution in [0.5, 0.6) is 0 Å². The Bertz CT molecular complexity index is 1330. The van der Waals surface area contributed by atoms with Crippen molar-refractivity contribution in [3.05, 3.63) is 64.5 Å². The second-order valence-electron chi connectivity index (χ2n) is 9.96. The van der Waals surface area contributed by atoms with Crippen molar-refractivity contribution >= 4 is 28.2 Å². The highest BCUT2D eigenvalue weighted by molar-refractivity contribution is 6.30. The molecule has 0 unspecified atom stereocenters. The first kappa shape index (κ1) is 30.2. The van der Waals surface area contributed by atoms with Crippen molar-refractivity contribution in [3.63, 3.8) is 0 Å². The minimum absolute atomic E-state index is 0.0487. The Morgan fingerprint density at radius 2 is 1.51 bits per heavy atom. The van der Waals surface area contributed by atoms with Gasteiger partial charge in [0.05, 0.1) is 22.6 Å². The van der Waals surface area contributed by atoms with Crippen LogP contribution in [0.15, 0.2) is 42.7 Å². The van der Waals surface area contributed by atoms with E-state index in [4.69, 9.17) is 16.7 Å². The maximum Gasteiger partial charge on any atom is 0.330 e. The number of nitrogens with zero attached hydrogens (tertiary/aromatic N) is 2. The molecule has 6 N–H and O–H groups in total. The maximum atomic E-state index is 10.7. The van der Waals surface area contributed by atoms with Crippen molar-refractivity contribution in [2.45, 2.75) is 58.5 Å². The average molecular weight is 531 g/mol. The van der Waals surface area contributed by atoms with Gasteiger partial charge in [-0.15, -0.1) is 12.8 Å². The summed E-state index contributed by atoms with van der Waals surface area (Å²) >= 11 is 6.06. The number of hydrogen-bond acceptors (Lipinski definition) is 7. The zero-order chi connectivity index (χ0) is 28.7. The van der Waals surface area contributed by atoms with E-state index in [2.05, 4.69) is 19.4 Å². The number of likely N-dealkylation sites (N-methyl/N-ethyl adjacent to an activating group) is 1. The van der Waals surface area contributed by atoms with Crippen molar-refractivity contribution < 1.29 is 30.6 Å². The number of terminal acetylenes is 1. The fourth-order valence-electron chi connectivity index (χ4n) is 4.45. The minimum Gasteiger partial charge on any atom is -0.513 e. The molecule has 8 nitrogen and oxygen atoms in total. The molecule has 4 rings (SSSR count). The predicted octanol–water partition coefficient (Wildman–Crippen LogP) is 3.90. The zero-order valence-corrected chi connectivity index (χ0v) is 22.7. The molecule has 2 aromatic carbocycles. The van der Waals surface area contributed by atoms with Crippen LogP contribution >= 0.6 is 11.6 Å². The molecule has 3 aromatic rings. The lowest BCUT2D eigenvalue weighted by Crippen LogP contribution is -2.67. The van der Waals surface area contributed by atoms with Gasteiger partial charge >= 0.3 is 11.8 Å². The van der Waals surface area contributed by atoms with E-state index in [1.807, 2.05) is 12.1 Å². The Morgan fingerprint density at radius 3 is 1.97 bits per heavy atom. The topological polar surface area (TPSA) is 130 Å². The second kappa shape index (κ2) is 10.4. The predicted molar refractivity (Wildman–Crippen MR) is 147 cm³/mol. The van der Waals surface area contributed by atoms with Crippen molar-refractivity contribution in [2.75, 3.05) is 11.9 Å². The number of aryl methyl sites for hydroxylation is 1. The van der Waals surface area contributed by atoms with Crippen LogP contribution in [-0.2, 0) is 12.3 Å². The number of benzene rings is 2. The Balaban J connectivity index is 0.000000617. The largest absolute Gasteiger partial charge is 0.513 e. The van der Waals surface area contributed by atoms with E-state index in [1.54, 1.807) is 52.8 Å². The third-order valence-corrected chi connectivity index (χ3v) is 6.12. The SMILES string of the molecule is C#C.C=C(O)Cc1c(C)c2c3c(cc(C)n3C(O)(O)C(O)(O)N2C)c1-c1ccc(Cl)cc1.CC(C)(C)O. The quantitative estimate of drug-likeness (QED) is 0.172. The average Bonchev–Trinajstić information content (AvgIpc) is 3.11. The first-order chi connectivity index (χ1) is 16.9. The summed E-state index contributed by atoms with van der Waals surface area (Å²) in [5.74, 6) is -6.03. The van der Waals surface area contributed by atoms with Gasteiger partial charge in [0, 0.05) is 29.6 Å². The number of aromatic nitrogens is 1. The summed E-state index contributed by atoms with van der Waals surface area (Å²) in [5.41, 5.74) is 3.74. The summed E-state index contributed by atoms with van der Waals surface area (Å²) in [6.07, 6.45) is 8.14. The first-order valence-electron chi connectivity index (χ1n) is 11.4. The summed E-state index contributed by atoms with van der Waals surface area (Å²) in [7, 11) is 1.37. The monoisotopic (exact) mass is 530 g/mol. The molecule has 200 valence electrons. The van der Waals surface area contributed by atoms with Gasteiger partial charge in [-0.3, -0.25) is 4.57 Å². The van der Waals surface area contributed by atoms with Crippen LogP contribution in [0.3, 0.4) is 0 Å². The summed E-state index contributed by atoms with van der Waals surface area (Å²) < 4.78 is 1.11. The fourth-order valence-corrected chi connectivity index (χ4v) is 4.57. The van der Waals surface area contributed by atoms with Gasteiger partial charge in [0.15, 0.2) is 0 Å². The number of aliphatic hydroxyl groups excluding tert-OH is 1. The molecule has 0 saturated carbocycles. The third kappa shape index (κ3) is 5.48. The van der Waals surface area contributed by atoms with Gasteiger partial charge in [0.1, 0.15) is 0 Å². The lowest BCUT2D eigenvalue weighted by molar-refractivity contribution is -0.400. The van der Waals surface area contributed by atoms with Crippen LogP contribution in [0.2, 0.25) is 5.02 Å². The molecule has 1 aromatic heterocycles. The van der Waals surface area contributed by atoms with Gasteiger partial charge in [-0.05, 0) is 75.1 Å². The number of halogens is 1. The molecule has 37 heavy (non-hydrogen) atoms. The maximum absolute atomic E-state index is 10.7. The van der Waals surface area contributed by atoms with E-state index in [1.165, 1.54) is 7.05 Å². The third-order valence-electron chi connectivity index (χ3n) is 5.87. The summed E-state index contributed by atoms with van der Waals surface area (Å²) in [5, 5.41) is 62.4. The van der Waals surface area contributed by atoms with E-state index < -0.39 is 17.4 Å². The molecule has 1 aliphatic heterocycles. The Morgan fingerprint density at radius 1 is 1.03 bits per heavy atom. The minimum atomic E-state index is -2.99. The number of rotatable bonds is 3. The van der Waals surface area contributed by atoms with Crippen LogP contribution in [0.25, 0.3) is 22.0 Å². The van der Waals surface area contributed by atoms with Crippen LogP contribution in [0.1, 0.15) is 37.6 Å². The molecule has 0 spiro atoms. The van der Waals surface area contributed by atoms with Gasteiger partial charge in [-0.25, -0.2) is 0 Å². The van der Waals surface area contributed by atoms with Gasteiger partial charge < -0.3 is 35.5 Å². The number of hydrogen-bond donors (Lipinski definition) is 6. The molecular weight excluding hydrogens is 496 g/mol. The van der Waals surface area contributed by atoms with Gasteiger partial charge in [0.25, 0.3) is 0 Å². The number of aliphatic hydroxyl groups is 6. The van der Waals surface area contributed by atoms with Crippen LogP contribution in [0.4, 0.5) is 5.69 Å². The van der Waals surface area contributed by atoms with Gasteiger partial charge in [-0.2, -0.15) is 0 Å². The Hall–Kier alpha value is -3.03. The van der Waals surface area contributed by atoms with Crippen LogP contribution in [-0.4, -0.2) is 53.8 Å². The molecule has 0 radical (unpaired) electrons. The van der Waals surface area contributed by atoms with E-state index in [0.29, 0.717) is 32.9 Å². The Labute approximate surface area is 222 Å². The molecule has 0 aliphatic carbocycles. The molecule has 2 heterocycles. The van der Waals surface area contributed by atoms with Gasteiger partial charge in [0.2, 0.25) is 0 Å². The molecule has 0 atom stereocenters. The number of anilines is 1. The summed E-state index contributed by atoms with van der Waals surface area (Å²) in [6, 6.07) is 8.94. The van der Waals surface area contributed by atoms with E-state index in [9.17, 15) is 25.5 Å². The molecular formula is C28H35ClN2O6. The van der Waals surface area contributed by atoms with E-state index in [0.717, 1.165) is 26.2 Å². The zero-order valence-electron chi connectivity index (χ0n) is 21.9. The summed E-state index contributed by atoms with van der Waals surface area (Å²) in [6.45, 7) is 12.3. The number of allylic oxidation sites excluding steroid dienone is 1. The fraction of sp³-hybridized carbons (Fsp3) is 0.357. The standard InChI is InChI=1S/C22H23ClN2O5.C4H10O.C2H2/c1-11-9-17-18(14-5-7-15(23)8-6-14)16(10-12(2)26)13(3)19-20(17)25(11)22(29,30)21(27,28)24(19)4;1-4(2,3)5;1-2/h5-9,26-30H,2,10H2,1,3-4H3;5H,1-3H3;1-2H. The molecule has 1 aliphatic rings. The van der Waals surface area contributed by atoms with E-state index in [-0.39, 0.29) is 12.2 Å². The molecule has 0 amide bonds. The first-order valence-corrected chi connectivity index (χ1v) is 11.8. The summed E-state index contributed by atoms with van der Waals surface area (Å²) in [4.78, 5) is 1.03. The van der Waals surface area contributed by atoms with E-state index >= 15 is 0 Å². The lowest BCUT2D eigenvalue weighted by atomic mass is 9.88. The lowest BCUT2D eigenvalue weighted by Gasteiger charge is -2.47. The van der Waals surface area contributed by atoms with Crippen molar-refractivity contribution in [3.8, 4) is 24.0 Å². The van der Waals surface area contributed by atoms with Crippen LogP contribution in [0, 0.1) is 26.7 Å². The highest BCUT2D eigenvalue weighted by Gasteiger charge is 2.58. The normalized spacial score (nSPS) is 15.4. The van der Waals surface area contributed by atoms with Crippen molar-refractivity contribution in [1.29, 1.82) is 0 Å². The van der Waals surface area contributed by atoms with Crippen molar-refractivity contribution in [1.82, 2.24) is 4.57 Å². The van der Waals surface area contributed by atoms with Gasteiger partial charge in [-0.1, -0.05) is 30.3 Å². The molecule has 0 saturated heterocycles. The smallest absolute Gasteiger partial charge is 0.330 e. The van der Waals surface area contributed by atoms with Crippen molar-refractivity contribution in [2.24, 2.45) is 0 Å². The second-order valence-corrected chi connectivity index (χ2v) is 10.4. The molecule has 9 heteroatoms. The highest BCUT2D eigenvalue weighted by Crippen LogP contribution is 2.50. The molecule has 0 bridgehead atoms.